The van der Waals surface area contributed by atoms with Crippen LogP contribution in [-0.4, -0.2) is 22.0 Å². The molecule has 0 spiro atoms. The van der Waals surface area contributed by atoms with E-state index in [1.165, 1.54) is 5.56 Å². The van der Waals surface area contributed by atoms with Gasteiger partial charge in [-0.3, -0.25) is 4.98 Å². The summed E-state index contributed by atoms with van der Waals surface area (Å²) in [6.07, 6.45) is 1.80. The van der Waals surface area contributed by atoms with Crippen molar-refractivity contribution in [3.63, 3.8) is 0 Å². The summed E-state index contributed by atoms with van der Waals surface area (Å²) in [5.41, 5.74) is 3.18. The Bertz CT molecular complexity index is 957. The first-order valence-electron chi connectivity index (χ1n) is 8.35. The fraction of sp³-hybridized carbons (Fsp3) is 0.200. The second-order valence-electron chi connectivity index (χ2n) is 6.42. The molecule has 2 atom stereocenters. The summed E-state index contributed by atoms with van der Waals surface area (Å²) in [6, 6.07) is 16.1. The molecule has 132 valence electrons. The van der Waals surface area contributed by atoms with Gasteiger partial charge < -0.3 is 14.6 Å². The average molecular weight is 428 g/mol. The lowest BCUT2D eigenvalue weighted by Gasteiger charge is -2.21. The topological polar surface area (TPSA) is 41.3 Å². The molecule has 0 unspecified atom stereocenters. The molecule has 26 heavy (non-hydrogen) atoms. The number of hydrogen-bond acceptors (Lipinski definition) is 3. The third kappa shape index (κ3) is 3.04. The van der Waals surface area contributed by atoms with Gasteiger partial charge in [-0.05, 0) is 61.1 Å². The van der Waals surface area contributed by atoms with E-state index < -0.39 is 0 Å². The van der Waals surface area contributed by atoms with Crippen LogP contribution in [0.4, 0.5) is 0 Å². The summed E-state index contributed by atoms with van der Waals surface area (Å²) in [6.45, 7) is 2.07. The summed E-state index contributed by atoms with van der Waals surface area (Å²) >= 11 is 9.10. The molecule has 4 nitrogen and oxygen atoms in total. The zero-order valence-corrected chi connectivity index (χ0v) is 16.8. The highest BCUT2D eigenvalue weighted by molar-refractivity contribution is 9.10. The number of nitrogens with zero attached hydrogens (tertiary/aromatic N) is 2. The van der Waals surface area contributed by atoms with Gasteiger partial charge in [-0.25, -0.2) is 0 Å². The highest BCUT2D eigenvalue weighted by Crippen LogP contribution is 2.40. The molecule has 0 bridgehead atoms. The Morgan fingerprint density at radius 2 is 2.04 bits per heavy atom. The smallest absolute Gasteiger partial charge is 0.170 e. The Balaban J connectivity index is 1.72. The van der Waals surface area contributed by atoms with Crippen molar-refractivity contribution in [1.29, 1.82) is 0 Å². The van der Waals surface area contributed by atoms with Gasteiger partial charge in [-0.2, -0.15) is 0 Å². The minimum atomic E-state index is -0.0471. The molecule has 3 aromatic rings. The first-order valence-corrected chi connectivity index (χ1v) is 9.55. The van der Waals surface area contributed by atoms with Crippen molar-refractivity contribution in [3.8, 4) is 11.3 Å². The molecule has 1 saturated heterocycles. The normalized spacial score (nSPS) is 19.7. The van der Waals surface area contributed by atoms with Crippen LogP contribution in [-0.2, 0) is 0 Å². The van der Waals surface area contributed by atoms with Crippen LogP contribution in [0.15, 0.2) is 63.6 Å². The zero-order valence-electron chi connectivity index (χ0n) is 14.4. The number of aryl methyl sites for hydroxylation is 1. The van der Waals surface area contributed by atoms with E-state index in [2.05, 4.69) is 51.4 Å². The average Bonchev–Trinajstić information content (AvgIpc) is 3.21. The summed E-state index contributed by atoms with van der Waals surface area (Å²) in [4.78, 5) is 6.53. The number of benzene rings is 1. The lowest BCUT2D eigenvalue weighted by molar-refractivity contribution is 0.310. The van der Waals surface area contributed by atoms with Crippen LogP contribution >= 0.6 is 28.1 Å². The molecule has 2 aromatic heterocycles. The van der Waals surface area contributed by atoms with Crippen molar-refractivity contribution >= 4 is 33.3 Å². The fourth-order valence-corrected chi connectivity index (χ4v) is 4.22. The Morgan fingerprint density at radius 3 is 2.77 bits per heavy atom. The van der Waals surface area contributed by atoms with E-state index in [4.69, 9.17) is 16.6 Å². The number of halogens is 1. The van der Waals surface area contributed by atoms with Crippen molar-refractivity contribution in [1.82, 2.24) is 15.2 Å². The standard InChI is InChI=1S/C20H18BrN3OS/c1-12-6-7-13(14(21)11-12)16-8-9-17(25-16)19-18(23-20(26)24(19)2)15-5-3-4-10-22-15/h3-11,18-19H,1-2H3,(H,23,26)/t18-,19+/m0/s1. The number of aromatic nitrogens is 1. The van der Waals surface area contributed by atoms with E-state index >= 15 is 0 Å². The molecule has 0 radical (unpaired) electrons. The molecule has 1 N–H and O–H groups in total. The molecular weight excluding hydrogens is 410 g/mol. The van der Waals surface area contributed by atoms with E-state index in [9.17, 15) is 0 Å². The lowest BCUT2D eigenvalue weighted by atomic mass is 10.0. The summed E-state index contributed by atoms with van der Waals surface area (Å²) in [5, 5.41) is 4.06. The quantitative estimate of drug-likeness (QED) is 0.594. The number of thiocarbonyl (C=S) groups is 1. The maximum Gasteiger partial charge on any atom is 0.170 e. The number of pyridine rings is 1. The van der Waals surface area contributed by atoms with Crippen LogP contribution in [0.3, 0.4) is 0 Å². The highest BCUT2D eigenvalue weighted by Gasteiger charge is 2.39. The minimum Gasteiger partial charge on any atom is -0.459 e. The number of furan rings is 1. The van der Waals surface area contributed by atoms with Gasteiger partial charge in [0.25, 0.3) is 0 Å². The van der Waals surface area contributed by atoms with Gasteiger partial charge >= 0.3 is 0 Å². The Morgan fingerprint density at radius 1 is 1.19 bits per heavy atom. The maximum atomic E-state index is 6.25. The third-order valence-corrected chi connectivity index (χ3v) is 5.71. The SMILES string of the molecule is Cc1ccc(-c2ccc([C@@H]3[C@H](c4ccccn4)NC(=S)N3C)o2)c(Br)c1. The van der Waals surface area contributed by atoms with Gasteiger partial charge in [0.05, 0.1) is 11.7 Å². The van der Waals surface area contributed by atoms with Gasteiger partial charge in [0.2, 0.25) is 0 Å². The van der Waals surface area contributed by atoms with Crippen LogP contribution in [0.2, 0.25) is 0 Å². The first kappa shape index (κ1) is 17.2. The summed E-state index contributed by atoms with van der Waals surface area (Å²) < 4.78 is 7.27. The van der Waals surface area contributed by atoms with Crippen molar-refractivity contribution in [3.05, 3.63) is 76.2 Å². The van der Waals surface area contributed by atoms with E-state index in [0.29, 0.717) is 5.11 Å². The van der Waals surface area contributed by atoms with Crippen molar-refractivity contribution in [2.24, 2.45) is 0 Å². The second kappa shape index (κ2) is 6.85. The van der Waals surface area contributed by atoms with E-state index in [-0.39, 0.29) is 12.1 Å². The van der Waals surface area contributed by atoms with Crippen molar-refractivity contribution < 1.29 is 4.42 Å². The Labute approximate surface area is 166 Å². The van der Waals surface area contributed by atoms with Gasteiger partial charge in [-0.15, -0.1) is 0 Å². The lowest BCUT2D eigenvalue weighted by Crippen LogP contribution is -2.24. The molecule has 4 rings (SSSR count). The zero-order chi connectivity index (χ0) is 18.3. The minimum absolute atomic E-state index is 0.0460. The third-order valence-electron chi connectivity index (χ3n) is 4.65. The largest absolute Gasteiger partial charge is 0.459 e. The predicted molar refractivity (Wildman–Crippen MR) is 110 cm³/mol. The Hall–Kier alpha value is -2.18. The van der Waals surface area contributed by atoms with Crippen LogP contribution in [0.25, 0.3) is 11.3 Å². The first-order chi connectivity index (χ1) is 12.5. The Kier molecular flexibility index (Phi) is 4.54. The van der Waals surface area contributed by atoms with E-state index in [0.717, 1.165) is 27.3 Å². The van der Waals surface area contributed by atoms with Crippen LogP contribution in [0.5, 0.6) is 0 Å². The summed E-state index contributed by atoms with van der Waals surface area (Å²) in [5.74, 6) is 1.69. The number of likely N-dealkylation sites (N-methyl/N-ethyl adjacent to an activating group) is 1. The molecule has 1 aliphatic heterocycles. The number of nitrogens with one attached hydrogen (secondary N) is 1. The second-order valence-corrected chi connectivity index (χ2v) is 7.66. The molecule has 1 aliphatic rings. The highest BCUT2D eigenvalue weighted by atomic mass is 79.9. The van der Waals surface area contributed by atoms with Gasteiger partial charge in [-0.1, -0.05) is 28.1 Å². The molecule has 0 amide bonds. The molecule has 1 fully saturated rings. The number of rotatable bonds is 3. The van der Waals surface area contributed by atoms with E-state index in [1.807, 2.05) is 42.3 Å². The maximum absolute atomic E-state index is 6.25. The summed E-state index contributed by atoms with van der Waals surface area (Å²) in [7, 11) is 1.98. The van der Waals surface area contributed by atoms with Crippen molar-refractivity contribution in [2.45, 2.75) is 19.0 Å². The molecule has 0 aliphatic carbocycles. The van der Waals surface area contributed by atoms with E-state index in [1.54, 1.807) is 6.20 Å². The molecule has 6 heteroatoms. The predicted octanol–water partition coefficient (Wildman–Crippen LogP) is 5.01. The fourth-order valence-electron chi connectivity index (χ4n) is 3.29. The van der Waals surface area contributed by atoms with Gasteiger partial charge in [0.1, 0.15) is 17.6 Å². The number of hydrogen-bond donors (Lipinski definition) is 1. The monoisotopic (exact) mass is 427 g/mol. The van der Waals surface area contributed by atoms with Gasteiger partial charge in [0.15, 0.2) is 5.11 Å². The molecule has 1 aromatic carbocycles. The molecular formula is C20H18BrN3OS. The van der Waals surface area contributed by atoms with Gasteiger partial charge in [0, 0.05) is 23.3 Å². The molecule has 3 heterocycles. The molecule has 0 saturated carbocycles. The van der Waals surface area contributed by atoms with Crippen molar-refractivity contribution in [2.75, 3.05) is 7.05 Å². The van der Waals surface area contributed by atoms with Crippen LogP contribution in [0.1, 0.15) is 29.1 Å². The van der Waals surface area contributed by atoms with Crippen LogP contribution in [0, 0.1) is 6.92 Å². The van der Waals surface area contributed by atoms with Crippen LogP contribution < -0.4 is 5.32 Å².